The van der Waals surface area contributed by atoms with E-state index < -0.39 is 22.0 Å². The summed E-state index contributed by atoms with van der Waals surface area (Å²) < 4.78 is 46.7. The number of hydrogen-bond donors (Lipinski definition) is 1. The maximum absolute atomic E-state index is 15.0. The molecule has 3 rings (SSSR count). The van der Waals surface area contributed by atoms with Crippen molar-refractivity contribution in [2.24, 2.45) is 0 Å². The molecule has 1 heterocycles. The molecular weight excluding hydrogens is 407 g/mol. The average molecular weight is 435 g/mol. The number of rotatable bonds is 5. The third-order valence-corrected chi connectivity index (χ3v) is 7.14. The molecule has 1 aliphatic rings. The lowest BCUT2D eigenvalue weighted by Crippen LogP contribution is -2.47. The van der Waals surface area contributed by atoms with Crippen molar-refractivity contribution < 1.29 is 22.3 Å². The van der Waals surface area contributed by atoms with E-state index in [0.29, 0.717) is 11.6 Å². The van der Waals surface area contributed by atoms with Crippen molar-refractivity contribution in [2.75, 3.05) is 18.4 Å². The number of benzene rings is 2. The molecule has 1 N–H and O–H groups in total. The molecule has 0 atom stereocenters. The van der Waals surface area contributed by atoms with Crippen LogP contribution >= 0.6 is 0 Å². The van der Waals surface area contributed by atoms with Crippen LogP contribution in [-0.2, 0) is 14.8 Å². The fraction of sp³-hybridized carbons (Fsp3) is 0.409. The third kappa shape index (κ3) is 5.17. The van der Waals surface area contributed by atoms with E-state index >= 15 is 4.39 Å². The van der Waals surface area contributed by atoms with Crippen molar-refractivity contribution in [3.63, 3.8) is 0 Å². The molecule has 1 aliphatic heterocycles. The second kappa shape index (κ2) is 8.73. The fourth-order valence-corrected chi connectivity index (χ4v) is 4.72. The van der Waals surface area contributed by atoms with Gasteiger partial charge in [0.05, 0.1) is 4.90 Å². The van der Waals surface area contributed by atoms with Gasteiger partial charge in [-0.3, -0.25) is 5.32 Å². The van der Waals surface area contributed by atoms with Crippen LogP contribution in [-0.4, -0.2) is 37.8 Å². The van der Waals surface area contributed by atoms with Gasteiger partial charge in [0.25, 0.3) is 5.85 Å². The van der Waals surface area contributed by atoms with Gasteiger partial charge in [0, 0.05) is 31.6 Å². The van der Waals surface area contributed by atoms with Crippen LogP contribution in [0.5, 0.6) is 0 Å². The minimum absolute atomic E-state index is 0.0664. The normalized spacial score (nSPS) is 17.0. The van der Waals surface area contributed by atoms with Crippen LogP contribution in [0.15, 0.2) is 53.4 Å². The van der Waals surface area contributed by atoms with E-state index in [-0.39, 0.29) is 30.8 Å². The lowest BCUT2D eigenvalue weighted by atomic mass is 10.0. The van der Waals surface area contributed by atoms with E-state index in [4.69, 9.17) is 4.74 Å². The Morgan fingerprint density at radius 3 is 2.17 bits per heavy atom. The number of carbonyl (C=O) groups is 1. The van der Waals surface area contributed by atoms with Crippen molar-refractivity contribution >= 4 is 21.8 Å². The maximum Gasteiger partial charge on any atom is 0.414 e. The standard InChI is InChI=1S/C22H27FN2O4S/c1-16(2)18-6-8-19(9-7-18)24-21(26)29-22(23)12-14-25(15-13-22)30(27,28)20-10-4-17(3)5-11-20/h4-11,16H,12-15H2,1-3H3,(H,24,26). The first-order valence-corrected chi connectivity index (χ1v) is 11.4. The van der Waals surface area contributed by atoms with Crippen LogP contribution in [0.2, 0.25) is 0 Å². The van der Waals surface area contributed by atoms with Crippen LogP contribution in [0, 0.1) is 6.92 Å². The number of amides is 1. The lowest BCUT2D eigenvalue weighted by molar-refractivity contribution is -0.118. The van der Waals surface area contributed by atoms with Gasteiger partial charge >= 0.3 is 6.09 Å². The number of piperidine rings is 1. The Morgan fingerprint density at radius 2 is 1.63 bits per heavy atom. The number of nitrogens with one attached hydrogen (secondary N) is 1. The molecule has 1 saturated heterocycles. The average Bonchev–Trinajstić information content (AvgIpc) is 2.68. The summed E-state index contributed by atoms with van der Waals surface area (Å²) in [5.74, 6) is -1.84. The van der Waals surface area contributed by atoms with Gasteiger partial charge in [-0.15, -0.1) is 0 Å². The number of alkyl halides is 1. The summed E-state index contributed by atoms with van der Waals surface area (Å²) in [5.41, 5.74) is 2.58. The molecule has 0 unspecified atom stereocenters. The summed E-state index contributed by atoms with van der Waals surface area (Å²) >= 11 is 0. The van der Waals surface area contributed by atoms with Crippen LogP contribution in [0.4, 0.5) is 14.9 Å². The lowest BCUT2D eigenvalue weighted by Gasteiger charge is -2.34. The van der Waals surface area contributed by atoms with Gasteiger partial charge in [-0.25, -0.2) is 13.2 Å². The summed E-state index contributed by atoms with van der Waals surface area (Å²) in [5, 5.41) is 2.52. The molecule has 0 radical (unpaired) electrons. The zero-order chi connectivity index (χ0) is 21.9. The number of halogens is 1. The van der Waals surface area contributed by atoms with E-state index in [1.165, 1.54) is 16.4 Å². The quantitative estimate of drug-likeness (QED) is 0.732. The first-order valence-electron chi connectivity index (χ1n) is 9.95. The van der Waals surface area contributed by atoms with Gasteiger partial charge in [0.2, 0.25) is 10.0 Å². The zero-order valence-corrected chi connectivity index (χ0v) is 18.2. The molecule has 8 heteroatoms. The predicted octanol–water partition coefficient (Wildman–Crippen LogP) is 4.82. The van der Waals surface area contributed by atoms with E-state index in [0.717, 1.165) is 11.1 Å². The smallest absolute Gasteiger partial charge is 0.412 e. The van der Waals surface area contributed by atoms with Gasteiger partial charge in [0.1, 0.15) is 0 Å². The predicted molar refractivity (Wildman–Crippen MR) is 114 cm³/mol. The van der Waals surface area contributed by atoms with E-state index in [1.54, 1.807) is 24.3 Å². The summed E-state index contributed by atoms with van der Waals surface area (Å²) in [6, 6.07) is 13.8. The van der Waals surface area contributed by atoms with E-state index in [9.17, 15) is 13.2 Å². The minimum atomic E-state index is -3.71. The highest BCUT2D eigenvalue weighted by Crippen LogP contribution is 2.31. The Hall–Kier alpha value is -2.45. The van der Waals surface area contributed by atoms with Crippen LogP contribution in [0.1, 0.15) is 43.7 Å². The number of aryl methyl sites for hydroxylation is 1. The molecule has 2 aromatic carbocycles. The fourth-order valence-electron chi connectivity index (χ4n) is 3.28. The molecule has 162 valence electrons. The number of hydrogen-bond acceptors (Lipinski definition) is 4. The van der Waals surface area contributed by atoms with Crippen molar-refractivity contribution in [2.45, 2.75) is 50.3 Å². The summed E-state index contributed by atoms with van der Waals surface area (Å²) in [7, 11) is -3.71. The maximum atomic E-state index is 15.0. The molecule has 0 aromatic heterocycles. The van der Waals surface area contributed by atoms with Crippen molar-refractivity contribution in [3.8, 4) is 0 Å². The first-order chi connectivity index (χ1) is 14.1. The molecule has 0 aliphatic carbocycles. The highest BCUT2D eigenvalue weighted by atomic mass is 32.2. The summed E-state index contributed by atoms with van der Waals surface area (Å²) in [6.07, 6.45) is -1.35. The highest BCUT2D eigenvalue weighted by Gasteiger charge is 2.41. The molecule has 1 fully saturated rings. The molecule has 30 heavy (non-hydrogen) atoms. The number of nitrogens with zero attached hydrogens (tertiary/aromatic N) is 1. The Bertz CT molecular complexity index is 981. The molecule has 0 bridgehead atoms. The van der Waals surface area contributed by atoms with Gasteiger partial charge in [-0.1, -0.05) is 43.7 Å². The van der Waals surface area contributed by atoms with E-state index in [1.807, 2.05) is 19.1 Å². The molecule has 2 aromatic rings. The van der Waals surface area contributed by atoms with Crippen LogP contribution < -0.4 is 5.32 Å². The molecule has 0 spiro atoms. The van der Waals surface area contributed by atoms with Gasteiger partial charge < -0.3 is 4.74 Å². The second-order valence-corrected chi connectivity index (χ2v) is 9.83. The topological polar surface area (TPSA) is 75.7 Å². The molecule has 1 amide bonds. The summed E-state index contributed by atoms with van der Waals surface area (Å²) in [6.45, 7) is 5.87. The summed E-state index contributed by atoms with van der Waals surface area (Å²) in [4.78, 5) is 12.3. The molecular formula is C22H27FN2O4S. The number of anilines is 1. The largest absolute Gasteiger partial charge is 0.414 e. The zero-order valence-electron chi connectivity index (χ0n) is 17.4. The molecule has 6 nitrogen and oxygen atoms in total. The number of ether oxygens (including phenoxy) is 1. The Labute approximate surface area is 177 Å². The van der Waals surface area contributed by atoms with Crippen molar-refractivity contribution in [1.29, 1.82) is 0 Å². The Morgan fingerprint density at radius 1 is 1.07 bits per heavy atom. The third-order valence-electron chi connectivity index (χ3n) is 5.23. The first kappa shape index (κ1) is 22.2. The number of sulfonamides is 1. The Balaban J connectivity index is 1.57. The van der Waals surface area contributed by atoms with Gasteiger partial charge in [-0.2, -0.15) is 8.70 Å². The van der Waals surface area contributed by atoms with Crippen molar-refractivity contribution in [1.82, 2.24) is 4.31 Å². The van der Waals surface area contributed by atoms with Crippen molar-refractivity contribution in [3.05, 3.63) is 59.7 Å². The van der Waals surface area contributed by atoms with Crippen LogP contribution in [0.3, 0.4) is 0 Å². The molecule has 0 saturated carbocycles. The van der Waals surface area contributed by atoms with E-state index in [2.05, 4.69) is 19.2 Å². The Kier molecular flexibility index (Phi) is 6.47. The highest BCUT2D eigenvalue weighted by molar-refractivity contribution is 7.89. The van der Waals surface area contributed by atoms with Gasteiger partial charge in [0.15, 0.2) is 0 Å². The van der Waals surface area contributed by atoms with Crippen LogP contribution in [0.25, 0.3) is 0 Å². The minimum Gasteiger partial charge on any atom is -0.412 e. The number of carbonyl (C=O) groups excluding carboxylic acids is 1. The SMILES string of the molecule is Cc1ccc(S(=O)(=O)N2CCC(F)(OC(=O)Nc3ccc(C(C)C)cc3)CC2)cc1. The van der Waals surface area contributed by atoms with Gasteiger partial charge in [-0.05, 0) is 42.7 Å². The second-order valence-electron chi connectivity index (χ2n) is 7.89. The monoisotopic (exact) mass is 434 g/mol.